The molecule has 1 saturated carbocycles. The summed E-state index contributed by atoms with van der Waals surface area (Å²) in [5.74, 6) is 0.466. The summed E-state index contributed by atoms with van der Waals surface area (Å²) in [4.78, 5) is 11.8. The first-order chi connectivity index (χ1) is 7.56. The third kappa shape index (κ3) is 3.67. The van der Waals surface area contributed by atoms with Crippen molar-refractivity contribution >= 4 is 18.5 Å². The zero-order valence-corrected chi connectivity index (χ0v) is 11.0. The highest BCUT2D eigenvalue weighted by Gasteiger charge is 2.28. The molecule has 16 heavy (non-hydrogen) atoms. The Hall–Kier alpha value is -0.220. The Balaban J connectivity index is 2.48. The van der Waals surface area contributed by atoms with Crippen LogP contribution in [-0.4, -0.2) is 28.9 Å². The molecule has 0 spiro atoms. The Morgan fingerprint density at radius 3 is 2.62 bits per heavy atom. The molecule has 0 aromatic heterocycles. The molecule has 1 aliphatic carbocycles. The molecule has 0 radical (unpaired) electrons. The molecular weight excluding hydrogens is 222 g/mol. The lowest BCUT2D eigenvalue weighted by Gasteiger charge is -2.32. The summed E-state index contributed by atoms with van der Waals surface area (Å²) in [6.45, 7) is 4.15. The molecule has 0 saturated heterocycles. The molecule has 1 fully saturated rings. The topological polar surface area (TPSA) is 49.3 Å². The molecule has 3 unspecified atom stereocenters. The molecular formula is C12H23NO2S. The molecule has 4 heteroatoms. The van der Waals surface area contributed by atoms with Gasteiger partial charge in [-0.15, -0.1) is 0 Å². The third-order valence-electron chi connectivity index (χ3n) is 3.37. The number of amides is 1. The number of hydrogen-bond acceptors (Lipinski definition) is 3. The smallest absolute Gasteiger partial charge is 0.233 e. The van der Waals surface area contributed by atoms with Gasteiger partial charge in [0.25, 0.3) is 0 Å². The zero-order valence-electron chi connectivity index (χ0n) is 10.1. The third-order valence-corrected chi connectivity index (χ3v) is 4.20. The van der Waals surface area contributed by atoms with E-state index in [0.717, 1.165) is 25.7 Å². The van der Waals surface area contributed by atoms with E-state index in [0.29, 0.717) is 0 Å². The van der Waals surface area contributed by atoms with Crippen LogP contribution < -0.4 is 5.32 Å². The SMILES string of the molecule is CC(C)C(S)C(=O)NC1CCCCC1CO. The van der Waals surface area contributed by atoms with Gasteiger partial charge in [0, 0.05) is 18.6 Å². The van der Waals surface area contributed by atoms with Gasteiger partial charge in [-0.25, -0.2) is 0 Å². The van der Waals surface area contributed by atoms with E-state index in [-0.39, 0.29) is 35.6 Å². The van der Waals surface area contributed by atoms with Crippen LogP contribution in [0.25, 0.3) is 0 Å². The Morgan fingerprint density at radius 1 is 1.44 bits per heavy atom. The standard InChI is InChI=1S/C12H23NO2S/c1-8(2)11(16)12(15)13-10-6-4-3-5-9(10)7-14/h8-11,14,16H,3-7H2,1-2H3,(H,13,15). The molecule has 0 heterocycles. The van der Waals surface area contributed by atoms with Crippen molar-refractivity contribution < 1.29 is 9.90 Å². The quantitative estimate of drug-likeness (QED) is 0.659. The van der Waals surface area contributed by atoms with Gasteiger partial charge in [-0.2, -0.15) is 12.6 Å². The van der Waals surface area contributed by atoms with Gasteiger partial charge < -0.3 is 10.4 Å². The molecule has 3 atom stereocenters. The number of aliphatic hydroxyl groups is 1. The van der Waals surface area contributed by atoms with Crippen molar-refractivity contribution in [3.05, 3.63) is 0 Å². The highest BCUT2D eigenvalue weighted by atomic mass is 32.1. The Bertz CT molecular complexity index is 233. The summed E-state index contributed by atoms with van der Waals surface area (Å²) in [6.07, 6.45) is 4.29. The normalized spacial score (nSPS) is 27.8. The second kappa shape index (κ2) is 6.50. The van der Waals surface area contributed by atoms with Crippen molar-refractivity contribution in [2.24, 2.45) is 11.8 Å². The summed E-state index contributed by atoms with van der Waals surface area (Å²) in [7, 11) is 0. The summed E-state index contributed by atoms with van der Waals surface area (Å²) in [5, 5.41) is 12.0. The maximum absolute atomic E-state index is 11.8. The lowest BCUT2D eigenvalue weighted by Crippen LogP contribution is -2.47. The van der Waals surface area contributed by atoms with Crippen molar-refractivity contribution in [2.75, 3.05) is 6.61 Å². The number of hydrogen-bond donors (Lipinski definition) is 3. The van der Waals surface area contributed by atoms with Crippen LogP contribution in [0.3, 0.4) is 0 Å². The minimum absolute atomic E-state index is 0.00341. The maximum Gasteiger partial charge on any atom is 0.233 e. The van der Waals surface area contributed by atoms with E-state index in [2.05, 4.69) is 17.9 Å². The molecule has 0 aromatic rings. The van der Waals surface area contributed by atoms with Crippen molar-refractivity contribution in [2.45, 2.75) is 50.8 Å². The largest absolute Gasteiger partial charge is 0.396 e. The van der Waals surface area contributed by atoms with E-state index in [1.54, 1.807) is 0 Å². The van der Waals surface area contributed by atoms with Crippen molar-refractivity contribution in [1.82, 2.24) is 5.32 Å². The van der Waals surface area contributed by atoms with Gasteiger partial charge in [0.2, 0.25) is 5.91 Å². The van der Waals surface area contributed by atoms with Crippen LogP contribution in [-0.2, 0) is 4.79 Å². The van der Waals surface area contributed by atoms with Gasteiger partial charge in [-0.1, -0.05) is 26.7 Å². The summed E-state index contributed by atoms with van der Waals surface area (Å²) in [6, 6.07) is 0.139. The number of aliphatic hydroxyl groups excluding tert-OH is 1. The monoisotopic (exact) mass is 245 g/mol. The second-order valence-corrected chi connectivity index (χ2v) is 5.59. The highest BCUT2D eigenvalue weighted by molar-refractivity contribution is 7.81. The van der Waals surface area contributed by atoms with E-state index in [1.807, 2.05) is 13.8 Å². The van der Waals surface area contributed by atoms with Crippen molar-refractivity contribution in [1.29, 1.82) is 0 Å². The van der Waals surface area contributed by atoms with Gasteiger partial charge in [0.1, 0.15) is 0 Å². The Labute approximate surface area is 103 Å². The maximum atomic E-state index is 11.8. The van der Waals surface area contributed by atoms with Crippen LogP contribution in [0.5, 0.6) is 0 Å². The molecule has 1 aliphatic rings. The van der Waals surface area contributed by atoms with Gasteiger partial charge in [-0.3, -0.25) is 4.79 Å². The van der Waals surface area contributed by atoms with E-state index >= 15 is 0 Å². The predicted molar refractivity (Wildman–Crippen MR) is 68.6 cm³/mol. The first-order valence-corrected chi connectivity index (χ1v) is 6.67. The van der Waals surface area contributed by atoms with Crippen molar-refractivity contribution in [3.8, 4) is 0 Å². The summed E-state index contributed by atoms with van der Waals surface area (Å²) >= 11 is 4.30. The Morgan fingerprint density at radius 2 is 2.06 bits per heavy atom. The Kier molecular flexibility index (Phi) is 5.62. The average Bonchev–Trinajstić information content (AvgIpc) is 2.28. The molecule has 2 N–H and O–H groups in total. The number of rotatable bonds is 4. The second-order valence-electron chi connectivity index (χ2n) is 5.03. The molecule has 1 rings (SSSR count). The van der Waals surface area contributed by atoms with Crippen molar-refractivity contribution in [3.63, 3.8) is 0 Å². The van der Waals surface area contributed by atoms with Gasteiger partial charge in [0.15, 0.2) is 0 Å². The lowest BCUT2D eigenvalue weighted by molar-refractivity contribution is -0.122. The molecule has 3 nitrogen and oxygen atoms in total. The highest BCUT2D eigenvalue weighted by Crippen LogP contribution is 2.24. The van der Waals surface area contributed by atoms with Crippen LogP contribution >= 0.6 is 12.6 Å². The van der Waals surface area contributed by atoms with E-state index in [4.69, 9.17) is 0 Å². The van der Waals surface area contributed by atoms with E-state index in [9.17, 15) is 9.90 Å². The van der Waals surface area contributed by atoms with Gasteiger partial charge in [0.05, 0.1) is 5.25 Å². The minimum atomic E-state index is -0.249. The van der Waals surface area contributed by atoms with Crippen LogP contribution in [0.2, 0.25) is 0 Å². The number of carbonyl (C=O) groups excluding carboxylic acids is 1. The van der Waals surface area contributed by atoms with Crippen LogP contribution in [0.4, 0.5) is 0 Å². The van der Waals surface area contributed by atoms with E-state index < -0.39 is 0 Å². The molecule has 0 aliphatic heterocycles. The fourth-order valence-corrected chi connectivity index (χ4v) is 2.26. The lowest BCUT2D eigenvalue weighted by atomic mass is 9.85. The number of nitrogens with one attached hydrogen (secondary N) is 1. The fourth-order valence-electron chi connectivity index (χ4n) is 2.19. The predicted octanol–water partition coefficient (Wildman–Crippen LogP) is 1.61. The number of thiol groups is 1. The van der Waals surface area contributed by atoms with E-state index in [1.165, 1.54) is 0 Å². The van der Waals surface area contributed by atoms with Gasteiger partial charge >= 0.3 is 0 Å². The summed E-state index contributed by atoms with van der Waals surface area (Å²) < 4.78 is 0. The molecule has 0 bridgehead atoms. The van der Waals surface area contributed by atoms with Crippen LogP contribution in [0.1, 0.15) is 39.5 Å². The fraction of sp³-hybridized carbons (Fsp3) is 0.917. The average molecular weight is 245 g/mol. The molecule has 1 amide bonds. The zero-order chi connectivity index (χ0) is 12.1. The number of carbonyl (C=O) groups is 1. The minimum Gasteiger partial charge on any atom is -0.396 e. The summed E-state index contributed by atoms with van der Waals surface area (Å²) in [5.41, 5.74) is 0. The van der Waals surface area contributed by atoms with Crippen LogP contribution in [0, 0.1) is 11.8 Å². The first kappa shape index (κ1) is 13.8. The van der Waals surface area contributed by atoms with Crippen LogP contribution in [0.15, 0.2) is 0 Å². The molecule has 0 aromatic carbocycles. The molecule has 94 valence electrons. The van der Waals surface area contributed by atoms with Gasteiger partial charge in [-0.05, 0) is 18.8 Å². The first-order valence-electron chi connectivity index (χ1n) is 6.15.